The first-order valence-electron chi connectivity index (χ1n) is 6.50. The molecule has 3 nitrogen and oxygen atoms in total. The van der Waals surface area contributed by atoms with Crippen molar-refractivity contribution in [2.75, 3.05) is 13.6 Å². The van der Waals surface area contributed by atoms with E-state index in [0.29, 0.717) is 0 Å². The van der Waals surface area contributed by atoms with E-state index in [2.05, 4.69) is 29.4 Å². The van der Waals surface area contributed by atoms with Crippen molar-refractivity contribution in [3.05, 3.63) is 36.5 Å². The van der Waals surface area contributed by atoms with Crippen molar-refractivity contribution in [3.8, 4) is 5.75 Å². The van der Waals surface area contributed by atoms with Gasteiger partial charge in [0, 0.05) is 18.1 Å². The summed E-state index contributed by atoms with van der Waals surface area (Å²) in [6.07, 6.45) is 4.17. The number of benzene rings is 1. The molecule has 1 aromatic heterocycles. The van der Waals surface area contributed by atoms with Crippen LogP contribution in [0, 0.1) is 0 Å². The maximum absolute atomic E-state index is 6.08. The van der Waals surface area contributed by atoms with Gasteiger partial charge in [-0.2, -0.15) is 0 Å². The second kappa shape index (κ2) is 6.36. The van der Waals surface area contributed by atoms with E-state index in [1.54, 1.807) is 0 Å². The monoisotopic (exact) mass is 244 g/mol. The topological polar surface area (TPSA) is 34.1 Å². The quantitative estimate of drug-likeness (QED) is 0.848. The van der Waals surface area contributed by atoms with Crippen LogP contribution >= 0.6 is 0 Å². The molecule has 1 atom stereocenters. The zero-order chi connectivity index (χ0) is 12.8. The Kier molecular flexibility index (Phi) is 4.53. The third kappa shape index (κ3) is 2.99. The standard InChI is InChI=1S/C15H20N2O/c1-3-6-13(11-16-2)18-14-9-4-7-12-8-5-10-17-15(12)14/h4-5,7-10,13,16H,3,6,11H2,1-2H3. The maximum atomic E-state index is 6.08. The third-order valence-corrected chi connectivity index (χ3v) is 2.93. The Labute approximate surface area is 108 Å². The lowest BCUT2D eigenvalue weighted by Gasteiger charge is -2.19. The predicted octanol–water partition coefficient (Wildman–Crippen LogP) is 3.00. The number of ether oxygens (including phenoxy) is 1. The van der Waals surface area contributed by atoms with Gasteiger partial charge in [-0.15, -0.1) is 0 Å². The van der Waals surface area contributed by atoms with Crippen LogP contribution in [0.1, 0.15) is 19.8 Å². The average molecular weight is 244 g/mol. The Morgan fingerprint density at radius 2 is 2.11 bits per heavy atom. The van der Waals surface area contributed by atoms with Crippen LogP contribution in [0.5, 0.6) is 5.75 Å². The van der Waals surface area contributed by atoms with Crippen LogP contribution in [-0.4, -0.2) is 24.7 Å². The molecule has 1 aromatic carbocycles. The number of aromatic nitrogens is 1. The van der Waals surface area contributed by atoms with E-state index >= 15 is 0 Å². The number of hydrogen-bond donors (Lipinski definition) is 1. The van der Waals surface area contributed by atoms with Crippen molar-refractivity contribution in [2.45, 2.75) is 25.9 Å². The van der Waals surface area contributed by atoms with Crippen molar-refractivity contribution >= 4 is 10.9 Å². The molecule has 2 aromatic rings. The summed E-state index contributed by atoms with van der Waals surface area (Å²) in [4.78, 5) is 4.41. The first-order valence-corrected chi connectivity index (χ1v) is 6.50. The largest absolute Gasteiger partial charge is 0.487 e. The summed E-state index contributed by atoms with van der Waals surface area (Å²) in [6, 6.07) is 10.1. The molecule has 0 saturated heterocycles. The van der Waals surface area contributed by atoms with Gasteiger partial charge < -0.3 is 10.1 Å². The van der Waals surface area contributed by atoms with Crippen LogP contribution < -0.4 is 10.1 Å². The Balaban J connectivity index is 2.24. The highest BCUT2D eigenvalue weighted by Crippen LogP contribution is 2.24. The van der Waals surface area contributed by atoms with Crippen LogP contribution in [0.15, 0.2) is 36.5 Å². The molecule has 0 saturated carbocycles. The molecule has 2 rings (SSSR count). The van der Waals surface area contributed by atoms with Crippen molar-refractivity contribution in [2.24, 2.45) is 0 Å². The zero-order valence-electron chi connectivity index (χ0n) is 11.0. The van der Waals surface area contributed by atoms with Gasteiger partial charge in [0.05, 0.1) is 0 Å². The summed E-state index contributed by atoms with van der Waals surface area (Å²) in [5, 5.41) is 4.30. The lowest BCUT2D eigenvalue weighted by molar-refractivity contribution is 0.191. The molecule has 0 aliphatic heterocycles. The van der Waals surface area contributed by atoms with Crippen molar-refractivity contribution in [1.82, 2.24) is 10.3 Å². The summed E-state index contributed by atoms with van der Waals surface area (Å²) in [5.74, 6) is 0.877. The lowest BCUT2D eigenvalue weighted by Crippen LogP contribution is -2.29. The highest BCUT2D eigenvalue weighted by molar-refractivity contribution is 5.84. The lowest BCUT2D eigenvalue weighted by atomic mass is 10.2. The fourth-order valence-corrected chi connectivity index (χ4v) is 2.10. The average Bonchev–Trinajstić information content (AvgIpc) is 2.40. The molecule has 1 N–H and O–H groups in total. The second-order valence-electron chi connectivity index (χ2n) is 4.42. The van der Waals surface area contributed by atoms with Gasteiger partial charge >= 0.3 is 0 Å². The summed E-state index contributed by atoms with van der Waals surface area (Å²) < 4.78 is 6.08. The number of hydrogen-bond acceptors (Lipinski definition) is 3. The van der Waals surface area contributed by atoms with Gasteiger partial charge in [0.25, 0.3) is 0 Å². The summed E-state index contributed by atoms with van der Waals surface area (Å²) >= 11 is 0. The first-order chi connectivity index (χ1) is 8.85. The van der Waals surface area contributed by atoms with E-state index in [4.69, 9.17) is 4.74 Å². The van der Waals surface area contributed by atoms with E-state index in [0.717, 1.165) is 36.0 Å². The molecular weight excluding hydrogens is 224 g/mol. The van der Waals surface area contributed by atoms with Crippen molar-refractivity contribution < 1.29 is 4.74 Å². The Morgan fingerprint density at radius 1 is 1.28 bits per heavy atom. The van der Waals surface area contributed by atoms with Crippen LogP contribution in [0.2, 0.25) is 0 Å². The van der Waals surface area contributed by atoms with Gasteiger partial charge in [-0.25, -0.2) is 0 Å². The van der Waals surface area contributed by atoms with Crippen LogP contribution in [0.4, 0.5) is 0 Å². The molecule has 0 radical (unpaired) electrons. The van der Waals surface area contributed by atoms with Crippen LogP contribution in [-0.2, 0) is 0 Å². The molecule has 0 amide bonds. The SMILES string of the molecule is CCCC(CNC)Oc1cccc2cccnc12. The number of para-hydroxylation sites is 1. The molecular formula is C15H20N2O. The molecule has 0 fully saturated rings. The Hall–Kier alpha value is -1.61. The minimum atomic E-state index is 0.201. The summed E-state index contributed by atoms with van der Waals surface area (Å²) in [5.41, 5.74) is 0.942. The smallest absolute Gasteiger partial charge is 0.146 e. The number of nitrogens with one attached hydrogen (secondary N) is 1. The molecule has 1 heterocycles. The molecule has 0 spiro atoms. The zero-order valence-corrected chi connectivity index (χ0v) is 11.0. The Morgan fingerprint density at radius 3 is 2.89 bits per heavy atom. The van der Waals surface area contributed by atoms with Crippen molar-refractivity contribution in [1.29, 1.82) is 0 Å². The second-order valence-corrected chi connectivity index (χ2v) is 4.42. The highest BCUT2D eigenvalue weighted by Gasteiger charge is 2.11. The number of nitrogens with zero attached hydrogens (tertiary/aromatic N) is 1. The summed E-state index contributed by atoms with van der Waals surface area (Å²) in [6.45, 7) is 3.03. The summed E-state index contributed by atoms with van der Waals surface area (Å²) in [7, 11) is 1.95. The number of pyridine rings is 1. The van der Waals surface area contributed by atoms with E-state index in [9.17, 15) is 0 Å². The van der Waals surface area contributed by atoms with Gasteiger partial charge in [0.1, 0.15) is 17.4 Å². The maximum Gasteiger partial charge on any atom is 0.146 e. The first kappa shape index (κ1) is 12.8. The van der Waals surface area contributed by atoms with Crippen LogP contribution in [0.25, 0.3) is 10.9 Å². The highest BCUT2D eigenvalue weighted by atomic mass is 16.5. The normalized spacial score (nSPS) is 12.6. The molecule has 96 valence electrons. The predicted molar refractivity (Wildman–Crippen MR) is 75.0 cm³/mol. The Bertz CT molecular complexity index is 487. The molecule has 0 bridgehead atoms. The molecule has 18 heavy (non-hydrogen) atoms. The van der Waals surface area contributed by atoms with Gasteiger partial charge in [-0.05, 0) is 25.6 Å². The molecule has 0 aliphatic carbocycles. The minimum absolute atomic E-state index is 0.201. The molecule has 1 unspecified atom stereocenters. The fraction of sp³-hybridized carbons (Fsp3) is 0.400. The number of rotatable bonds is 6. The van der Waals surface area contributed by atoms with E-state index in [1.807, 2.05) is 31.4 Å². The minimum Gasteiger partial charge on any atom is -0.487 e. The van der Waals surface area contributed by atoms with E-state index < -0.39 is 0 Å². The van der Waals surface area contributed by atoms with Gasteiger partial charge in [-0.3, -0.25) is 4.98 Å². The van der Waals surface area contributed by atoms with E-state index in [-0.39, 0.29) is 6.10 Å². The van der Waals surface area contributed by atoms with Crippen LogP contribution in [0.3, 0.4) is 0 Å². The molecule has 3 heteroatoms. The fourth-order valence-electron chi connectivity index (χ4n) is 2.10. The van der Waals surface area contributed by atoms with E-state index in [1.165, 1.54) is 0 Å². The number of likely N-dealkylation sites (N-methyl/N-ethyl adjacent to an activating group) is 1. The van der Waals surface area contributed by atoms with Gasteiger partial charge in [0.2, 0.25) is 0 Å². The van der Waals surface area contributed by atoms with Crippen molar-refractivity contribution in [3.63, 3.8) is 0 Å². The van der Waals surface area contributed by atoms with Gasteiger partial charge in [-0.1, -0.05) is 31.5 Å². The van der Waals surface area contributed by atoms with Gasteiger partial charge in [0.15, 0.2) is 0 Å². The third-order valence-electron chi connectivity index (χ3n) is 2.93. The molecule has 0 aliphatic rings. The number of fused-ring (bicyclic) bond motifs is 1.